The Morgan fingerprint density at radius 1 is 1.09 bits per heavy atom. The lowest BCUT2D eigenvalue weighted by Crippen LogP contribution is -2.41. The average Bonchev–Trinajstić information content (AvgIpc) is 2.85. The van der Waals surface area contributed by atoms with E-state index in [2.05, 4.69) is 31.3 Å². The third-order valence-corrected chi connectivity index (χ3v) is 5.53. The topological polar surface area (TPSA) is 67.9 Å². The van der Waals surface area contributed by atoms with Gasteiger partial charge in [-0.1, -0.05) is 56.3 Å². The van der Waals surface area contributed by atoms with Gasteiger partial charge in [0, 0.05) is 11.8 Å². The van der Waals surface area contributed by atoms with E-state index >= 15 is 0 Å². The van der Waals surface area contributed by atoms with Gasteiger partial charge in [-0.05, 0) is 53.5 Å². The number of nitrogens with one attached hydrogen (secondary N) is 1. The Hall–Kier alpha value is -4.06. The molecule has 0 unspecified atom stereocenters. The molecule has 3 aromatic rings. The molecule has 2 amide bonds. The molecule has 0 radical (unpaired) electrons. The molecular weight excluding hydrogens is 428 g/mol. The number of fused-ring (bicyclic) bond motifs is 1. The van der Waals surface area contributed by atoms with Crippen LogP contribution in [-0.4, -0.2) is 31.6 Å². The maximum Gasteiger partial charge on any atom is 0.265 e. The van der Waals surface area contributed by atoms with Crippen LogP contribution in [0.2, 0.25) is 0 Å². The summed E-state index contributed by atoms with van der Waals surface area (Å²) in [4.78, 5) is 26.6. The summed E-state index contributed by atoms with van der Waals surface area (Å²) in [5, 5.41) is 2.86. The smallest absolute Gasteiger partial charge is 0.265 e. The molecule has 0 atom stereocenters. The van der Waals surface area contributed by atoms with Crippen molar-refractivity contribution in [3.8, 4) is 11.5 Å². The van der Waals surface area contributed by atoms with Crippen LogP contribution in [0.15, 0.2) is 78.9 Å². The lowest BCUT2D eigenvalue weighted by molar-refractivity contribution is -0.121. The first kappa shape index (κ1) is 23.1. The van der Waals surface area contributed by atoms with Crippen molar-refractivity contribution in [3.05, 3.63) is 90.0 Å². The average molecular weight is 457 g/mol. The van der Waals surface area contributed by atoms with Gasteiger partial charge in [-0.2, -0.15) is 0 Å². The van der Waals surface area contributed by atoms with Crippen LogP contribution in [0.1, 0.15) is 30.9 Å². The Labute approximate surface area is 199 Å². The van der Waals surface area contributed by atoms with Gasteiger partial charge < -0.3 is 19.7 Å². The second-order valence-electron chi connectivity index (χ2n) is 8.32. The number of nitrogens with zero attached hydrogens (tertiary/aromatic N) is 1. The minimum Gasteiger partial charge on any atom is -0.492 e. The highest BCUT2D eigenvalue weighted by molar-refractivity contribution is 6.03. The van der Waals surface area contributed by atoms with Crippen molar-refractivity contribution in [1.82, 2.24) is 0 Å². The molecule has 0 saturated heterocycles. The fraction of sp³-hybridized carbons (Fsp3) is 0.214. The predicted octanol–water partition coefficient (Wildman–Crippen LogP) is 5.27. The van der Waals surface area contributed by atoms with Gasteiger partial charge in [0.2, 0.25) is 5.91 Å². The largest absolute Gasteiger partial charge is 0.492 e. The molecule has 4 rings (SSSR count). The fourth-order valence-electron chi connectivity index (χ4n) is 3.64. The molecule has 174 valence electrons. The summed E-state index contributed by atoms with van der Waals surface area (Å²) in [5.41, 5.74) is 3.40. The molecule has 0 aliphatic carbocycles. The number of benzene rings is 3. The van der Waals surface area contributed by atoms with Crippen LogP contribution < -0.4 is 19.7 Å². The summed E-state index contributed by atoms with van der Waals surface area (Å²) in [6.07, 6.45) is 3.27. The van der Waals surface area contributed by atoms with Gasteiger partial charge in [-0.25, -0.2) is 0 Å². The Morgan fingerprint density at radius 3 is 2.59 bits per heavy atom. The normalized spacial score (nSPS) is 13.0. The molecule has 0 aromatic heterocycles. The van der Waals surface area contributed by atoms with Gasteiger partial charge in [0.25, 0.3) is 5.91 Å². The first-order valence-electron chi connectivity index (χ1n) is 11.3. The lowest BCUT2D eigenvalue weighted by Gasteiger charge is -2.29. The minimum absolute atomic E-state index is 0.0254. The highest BCUT2D eigenvalue weighted by Gasteiger charge is 2.26. The number of carbonyl (C=O) groups excluding carboxylic acids is 2. The Bertz CT molecular complexity index is 1170. The second kappa shape index (κ2) is 10.7. The molecular formula is C28H28N2O4. The van der Waals surface area contributed by atoms with Gasteiger partial charge in [0.15, 0.2) is 6.61 Å². The number of ether oxygens (including phenoxy) is 2. The summed E-state index contributed by atoms with van der Waals surface area (Å²) < 4.78 is 11.3. The first-order chi connectivity index (χ1) is 16.5. The number of rotatable bonds is 8. The number of amides is 2. The molecule has 0 spiro atoms. The van der Waals surface area contributed by atoms with E-state index in [1.807, 2.05) is 42.5 Å². The summed E-state index contributed by atoms with van der Waals surface area (Å²) in [7, 11) is 0. The number of anilines is 2. The molecule has 0 saturated carbocycles. The van der Waals surface area contributed by atoms with Crippen molar-refractivity contribution in [2.75, 3.05) is 30.0 Å². The molecule has 6 nitrogen and oxygen atoms in total. The van der Waals surface area contributed by atoms with E-state index < -0.39 is 0 Å². The number of para-hydroxylation sites is 1. The number of hydrogen-bond acceptors (Lipinski definition) is 4. The first-order valence-corrected chi connectivity index (χ1v) is 11.3. The van der Waals surface area contributed by atoms with Crippen LogP contribution in [0.4, 0.5) is 11.4 Å². The molecule has 0 bridgehead atoms. The van der Waals surface area contributed by atoms with Gasteiger partial charge in [0.1, 0.15) is 18.1 Å². The zero-order valence-electron chi connectivity index (χ0n) is 19.4. The van der Waals surface area contributed by atoms with Crippen LogP contribution in [-0.2, 0) is 9.59 Å². The van der Waals surface area contributed by atoms with Crippen molar-refractivity contribution in [1.29, 1.82) is 0 Å². The minimum atomic E-state index is -0.255. The molecule has 3 aromatic carbocycles. The lowest BCUT2D eigenvalue weighted by atomic mass is 10.0. The van der Waals surface area contributed by atoms with Gasteiger partial charge in [-0.15, -0.1) is 0 Å². The van der Waals surface area contributed by atoms with E-state index in [1.165, 1.54) is 11.6 Å². The molecule has 0 fully saturated rings. The highest BCUT2D eigenvalue weighted by atomic mass is 16.5. The molecule has 34 heavy (non-hydrogen) atoms. The van der Waals surface area contributed by atoms with Gasteiger partial charge >= 0.3 is 0 Å². The molecule has 6 heteroatoms. The van der Waals surface area contributed by atoms with Crippen LogP contribution in [0, 0.1) is 0 Å². The van der Waals surface area contributed by atoms with Crippen molar-refractivity contribution >= 4 is 29.3 Å². The van der Waals surface area contributed by atoms with Crippen molar-refractivity contribution in [3.63, 3.8) is 0 Å². The quantitative estimate of drug-likeness (QED) is 0.469. The Balaban J connectivity index is 1.40. The monoisotopic (exact) mass is 456 g/mol. The van der Waals surface area contributed by atoms with Crippen LogP contribution in [0.25, 0.3) is 6.08 Å². The van der Waals surface area contributed by atoms with Crippen molar-refractivity contribution in [2.45, 2.75) is 19.8 Å². The van der Waals surface area contributed by atoms with Crippen molar-refractivity contribution in [2.24, 2.45) is 0 Å². The predicted molar refractivity (Wildman–Crippen MR) is 134 cm³/mol. The molecule has 1 N–H and O–H groups in total. The molecule has 1 aliphatic rings. The maximum atomic E-state index is 12.5. The standard InChI is InChI=1S/C28H28N2O4/c1-20(2)22-11-8-21(9-12-22)10-15-27(31)29-23-13-14-26-25(18-23)30(28(32)19-34-26)16-17-33-24-6-4-3-5-7-24/h3-15,18,20H,16-17,19H2,1-2H3,(H,29,31)/b15-10+. The van der Waals surface area contributed by atoms with E-state index in [0.29, 0.717) is 36.2 Å². The van der Waals surface area contributed by atoms with Crippen LogP contribution in [0.3, 0.4) is 0 Å². The number of carbonyl (C=O) groups is 2. The van der Waals surface area contributed by atoms with E-state index in [0.717, 1.165) is 11.3 Å². The molecule has 1 aliphatic heterocycles. The number of hydrogen-bond donors (Lipinski definition) is 1. The summed E-state index contributed by atoms with van der Waals surface area (Å²) in [5.74, 6) is 1.39. The Kier molecular flexibility index (Phi) is 7.28. The van der Waals surface area contributed by atoms with Gasteiger partial charge in [-0.3, -0.25) is 9.59 Å². The van der Waals surface area contributed by atoms with Gasteiger partial charge in [0.05, 0.1) is 12.2 Å². The van der Waals surface area contributed by atoms with Crippen LogP contribution >= 0.6 is 0 Å². The zero-order chi connectivity index (χ0) is 23.9. The van der Waals surface area contributed by atoms with E-state index in [-0.39, 0.29) is 18.4 Å². The highest BCUT2D eigenvalue weighted by Crippen LogP contribution is 2.34. The fourth-order valence-corrected chi connectivity index (χ4v) is 3.64. The van der Waals surface area contributed by atoms with E-state index in [1.54, 1.807) is 29.2 Å². The summed E-state index contributed by atoms with van der Waals surface area (Å²) in [6.45, 7) is 4.97. The zero-order valence-corrected chi connectivity index (χ0v) is 19.4. The SMILES string of the molecule is CC(C)c1ccc(/C=C/C(=O)Nc2ccc3c(c2)N(CCOc2ccccc2)C(=O)CO3)cc1. The van der Waals surface area contributed by atoms with Crippen LogP contribution in [0.5, 0.6) is 11.5 Å². The summed E-state index contributed by atoms with van der Waals surface area (Å²) in [6, 6.07) is 22.9. The second-order valence-corrected chi connectivity index (χ2v) is 8.32. The third kappa shape index (κ3) is 5.84. The van der Waals surface area contributed by atoms with Crippen molar-refractivity contribution < 1.29 is 19.1 Å². The molecule has 1 heterocycles. The summed E-state index contributed by atoms with van der Waals surface area (Å²) >= 11 is 0. The third-order valence-electron chi connectivity index (χ3n) is 5.53. The van der Waals surface area contributed by atoms with E-state index in [4.69, 9.17) is 9.47 Å². The van der Waals surface area contributed by atoms with E-state index in [9.17, 15) is 9.59 Å². The Morgan fingerprint density at radius 2 is 1.85 bits per heavy atom. The maximum absolute atomic E-state index is 12.5.